The summed E-state index contributed by atoms with van der Waals surface area (Å²) in [7, 11) is -3.55. The van der Waals surface area contributed by atoms with Gasteiger partial charge >= 0.3 is 0 Å². The van der Waals surface area contributed by atoms with Crippen LogP contribution in [0.2, 0.25) is 0 Å². The van der Waals surface area contributed by atoms with Crippen molar-refractivity contribution < 1.29 is 22.0 Å². The number of amides is 1. The van der Waals surface area contributed by atoms with Gasteiger partial charge in [0.2, 0.25) is 15.9 Å². The van der Waals surface area contributed by atoms with Gasteiger partial charge < -0.3 is 5.32 Å². The van der Waals surface area contributed by atoms with Crippen LogP contribution in [-0.2, 0) is 21.2 Å². The number of nitrogens with one attached hydrogen (secondary N) is 1. The minimum Gasteiger partial charge on any atom is -0.353 e. The van der Waals surface area contributed by atoms with Crippen molar-refractivity contribution in [2.24, 2.45) is 0 Å². The van der Waals surface area contributed by atoms with Crippen molar-refractivity contribution in [3.8, 4) is 0 Å². The molecule has 1 amide bonds. The lowest BCUT2D eigenvalue weighted by atomic mass is 10.1. The molecule has 3 rings (SSSR count). The summed E-state index contributed by atoms with van der Waals surface area (Å²) in [6.45, 7) is 2.51. The molecular formula is C21H24F2N2O3S. The van der Waals surface area contributed by atoms with E-state index < -0.39 is 21.7 Å². The molecule has 0 unspecified atom stereocenters. The number of halogens is 2. The third kappa shape index (κ3) is 5.19. The molecular weight excluding hydrogens is 398 g/mol. The summed E-state index contributed by atoms with van der Waals surface area (Å²) in [6.07, 6.45) is 0.931. The van der Waals surface area contributed by atoms with Crippen LogP contribution in [0.1, 0.15) is 30.4 Å². The molecule has 0 radical (unpaired) electrons. The smallest absolute Gasteiger partial charge is 0.243 e. The maximum Gasteiger partial charge on any atom is 0.243 e. The van der Waals surface area contributed by atoms with Gasteiger partial charge in [0.25, 0.3) is 0 Å². The molecule has 0 atom stereocenters. The summed E-state index contributed by atoms with van der Waals surface area (Å²) in [4.78, 5) is 12.4. The van der Waals surface area contributed by atoms with Gasteiger partial charge in [0.05, 0.1) is 4.90 Å². The third-order valence-corrected chi connectivity index (χ3v) is 7.05. The lowest BCUT2D eigenvalue weighted by Crippen LogP contribution is -2.46. The predicted molar refractivity (Wildman–Crippen MR) is 106 cm³/mol. The number of carbonyl (C=O) groups excluding carboxylic acids is 1. The van der Waals surface area contributed by atoms with Crippen LogP contribution in [-0.4, -0.2) is 37.8 Å². The molecule has 8 heteroatoms. The number of carbonyl (C=O) groups is 1. The van der Waals surface area contributed by atoms with Gasteiger partial charge in [-0.2, -0.15) is 4.31 Å². The molecule has 0 aliphatic carbocycles. The van der Waals surface area contributed by atoms with Gasteiger partial charge in [0, 0.05) is 31.1 Å². The second kappa shape index (κ2) is 9.00. The van der Waals surface area contributed by atoms with E-state index in [0.29, 0.717) is 25.9 Å². The molecule has 5 nitrogen and oxygen atoms in total. The molecule has 0 spiro atoms. The summed E-state index contributed by atoms with van der Waals surface area (Å²) in [6, 6.07) is 10.2. The highest BCUT2D eigenvalue weighted by Gasteiger charge is 2.29. The first-order valence-corrected chi connectivity index (χ1v) is 11.0. The second-order valence-corrected chi connectivity index (χ2v) is 9.20. The third-order valence-electron chi connectivity index (χ3n) is 5.14. The molecule has 2 aromatic carbocycles. The van der Waals surface area contributed by atoms with Crippen molar-refractivity contribution >= 4 is 15.9 Å². The Balaban J connectivity index is 1.50. The Hall–Kier alpha value is -2.32. The van der Waals surface area contributed by atoms with E-state index in [1.807, 2.05) is 6.92 Å². The highest BCUT2D eigenvalue weighted by atomic mass is 32.2. The van der Waals surface area contributed by atoms with Crippen LogP contribution in [0.15, 0.2) is 47.4 Å². The molecule has 0 saturated carbocycles. The SMILES string of the molecule is Cc1ccc(S(=O)(=O)N2CCC(NC(=O)CCc3c(F)cccc3F)CC2)cc1. The largest absolute Gasteiger partial charge is 0.353 e. The number of aryl methyl sites for hydroxylation is 1. The minimum absolute atomic E-state index is 0.0228. The molecule has 0 aromatic heterocycles. The Bertz CT molecular complexity index is 950. The summed E-state index contributed by atoms with van der Waals surface area (Å²) >= 11 is 0. The van der Waals surface area contributed by atoms with Crippen molar-refractivity contribution in [2.75, 3.05) is 13.1 Å². The van der Waals surface area contributed by atoms with Crippen LogP contribution >= 0.6 is 0 Å². The number of hydrogen-bond acceptors (Lipinski definition) is 3. The maximum atomic E-state index is 13.6. The van der Waals surface area contributed by atoms with E-state index in [4.69, 9.17) is 0 Å². The minimum atomic E-state index is -3.55. The summed E-state index contributed by atoms with van der Waals surface area (Å²) in [5, 5.41) is 2.84. The first-order chi connectivity index (χ1) is 13.8. The fraction of sp³-hybridized carbons (Fsp3) is 0.381. The van der Waals surface area contributed by atoms with Gasteiger partial charge in [-0.1, -0.05) is 23.8 Å². The number of sulfonamides is 1. The Kier molecular flexibility index (Phi) is 6.64. The Morgan fingerprint density at radius 3 is 2.24 bits per heavy atom. The van der Waals surface area contributed by atoms with E-state index >= 15 is 0 Å². The monoisotopic (exact) mass is 422 g/mol. The lowest BCUT2D eigenvalue weighted by molar-refractivity contribution is -0.122. The van der Waals surface area contributed by atoms with Crippen molar-refractivity contribution in [2.45, 2.75) is 43.5 Å². The Morgan fingerprint density at radius 2 is 1.66 bits per heavy atom. The van der Waals surface area contributed by atoms with Gasteiger partial charge in [-0.3, -0.25) is 4.79 Å². The molecule has 2 aromatic rings. The first kappa shape index (κ1) is 21.4. The van der Waals surface area contributed by atoms with E-state index in [-0.39, 0.29) is 35.2 Å². The topological polar surface area (TPSA) is 66.5 Å². The average molecular weight is 422 g/mol. The van der Waals surface area contributed by atoms with Crippen LogP contribution in [0.5, 0.6) is 0 Å². The highest BCUT2D eigenvalue weighted by molar-refractivity contribution is 7.89. The van der Waals surface area contributed by atoms with Crippen LogP contribution in [0.25, 0.3) is 0 Å². The van der Waals surface area contributed by atoms with Crippen LogP contribution < -0.4 is 5.32 Å². The predicted octanol–water partition coefficient (Wildman–Crippen LogP) is 3.18. The zero-order chi connectivity index (χ0) is 21.0. The molecule has 1 saturated heterocycles. The van der Waals surface area contributed by atoms with Crippen LogP contribution in [0.3, 0.4) is 0 Å². The molecule has 1 fully saturated rings. The van der Waals surface area contributed by atoms with Crippen molar-refractivity contribution in [3.63, 3.8) is 0 Å². The number of hydrogen-bond donors (Lipinski definition) is 1. The zero-order valence-electron chi connectivity index (χ0n) is 16.2. The molecule has 156 valence electrons. The second-order valence-electron chi connectivity index (χ2n) is 7.26. The molecule has 29 heavy (non-hydrogen) atoms. The number of piperidine rings is 1. The van der Waals surface area contributed by atoms with Gasteiger partial charge in [-0.15, -0.1) is 0 Å². The molecule has 1 heterocycles. The van der Waals surface area contributed by atoms with E-state index in [2.05, 4.69) is 5.32 Å². The van der Waals surface area contributed by atoms with E-state index in [1.54, 1.807) is 24.3 Å². The van der Waals surface area contributed by atoms with E-state index in [9.17, 15) is 22.0 Å². The highest BCUT2D eigenvalue weighted by Crippen LogP contribution is 2.21. The normalized spacial score (nSPS) is 16.0. The maximum absolute atomic E-state index is 13.6. The Morgan fingerprint density at radius 1 is 1.07 bits per heavy atom. The van der Waals surface area contributed by atoms with Gasteiger partial charge in [-0.25, -0.2) is 17.2 Å². The summed E-state index contributed by atoms with van der Waals surface area (Å²) in [5.41, 5.74) is 0.891. The van der Waals surface area contributed by atoms with Crippen molar-refractivity contribution in [1.82, 2.24) is 9.62 Å². The van der Waals surface area contributed by atoms with Crippen molar-refractivity contribution in [1.29, 1.82) is 0 Å². The number of nitrogens with zero attached hydrogens (tertiary/aromatic N) is 1. The first-order valence-electron chi connectivity index (χ1n) is 9.56. The number of benzene rings is 2. The standard InChI is InChI=1S/C21H24F2N2O3S/c1-15-5-7-17(8-6-15)29(27,28)25-13-11-16(12-14-25)24-21(26)10-9-18-19(22)3-2-4-20(18)23/h2-8,16H,9-14H2,1H3,(H,24,26). The van der Waals surface area contributed by atoms with E-state index in [0.717, 1.165) is 5.56 Å². The fourth-order valence-electron chi connectivity index (χ4n) is 3.41. The van der Waals surface area contributed by atoms with Crippen molar-refractivity contribution in [3.05, 3.63) is 65.2 Å². The average Bonchev–Trinajstić information content (AvgIpc) is 2.68. The summed E-state index contributed by atoms with van der Waals surface area (Å²) in [5.74, 6) is -1.62. The van der Waals surface area contributed by atoms with Gasteiger partial charge in [0.1, 0.15) is 11.6 Å². The lowest BCUT2D eigenvalue weighted by Gasteiger charge is -2.31. The van der Waals surface area contributed by atoms with Crippen LogP contribution in [0.4, 0.5) is 8.78 Å². The molecule has 1 aliphatic rings. The van der Waals surface area contributed by atoms with E-state index in [1.165, 1.54) is 22.5 Å². The van der Waals surface area contributed by atoms with Gasteiger partial charge in [-0.05, 0) is 50.5 Å². The fourth-order valence-corrected chi connectivity index (χ4v) is 4.88. The quantitative estimate of drug-likeness (QED) is 0.778. The zero-order valence-corrected chi connectivity index (χ0v) is 17.0. The number of rotatable bonds is 6. The van der Waals surface area contributed by atoms with Gasteiger partial charge in [0.15, 0.2) is 0 Å². The Labute approximate surface area is 169 Å². The molecule has 1 aliphatic heterocycles. The molecule has 0 bridgehead atoms. The summed E-state index contributed by atoms with van der Waals surface area (Å²) < 4.78 is 54.1. The van der Waals surface area contributed by atoms with Crippen LogP contribution in [0, 0.1) is 18.6 Å². The molecule has 1 N–H and O–H groups in total.